The van der Waals surface area contributed by atoms with Crippen LogP contribution in [0.15, 0.2) is 30.3 Å². The third-order valence-corrected chi connectivity index (χ3v) is 3.83. The maximum atomic E-state index is 5.94. The molecule has 102 valence electrons. The summed E-state index contributed by atoms with van der Waals surface area (Å²) < 4.78 is 0. The maximum Gasteiger partial charge on any atom is -0.00486 e. The second-order valence-electron chi connectivity index (χ2n) is 5.38. The van der Waals surface area contributed by atoms with E-state index in [2.05, 4.69) is 44.2 Å². The molecule has 2 atom stereocenters. The van der Waals surface area contributed by atoms with Gasteiger partial charge < -0.3 is 5.73 Å². The van der Waals surface area contributed by atoms with E-state index in [0.29, 0.717) is 11.8 Å². The largest absolute Gasteiger partial charge is 0.330 e. The van der Waals surface area contributed by atoms with E-state index < -0.39 is 0 Å². The number of rotatable bonds is 9. The van der Waals surface area contributed by atoms with Gasteiger partial charge in [-0.25, -0.2) is 0 Å². The molecule has 0 saturated heterocycles. The zero-order valence-corrected chi connectivity index (χ0v) is 12.1. The topological polar surface area (TPSA) is 26.0 Å². The Labute approximate surface area is 113 Å². The first-order chi connectivity index (χ1) is 8.81. The van der Waals surface area contributed by atoms with E-state index >= 15 is 0 Å². The molecule has 0 bridgehead atoms. The summed E-state index contributed by atoms with van der Waals surface area (Å²) in [6.07, 6.45) is 7.68. The highest BCUT2D eigenvalue weighted by Crippen LogP contribution is 2.29. The lowest BCUT2D eigenvalue weighted by Gasteiger charge is -2.22. The molecule has 1 aromatic rings. The predicted molar refractivity (Wildman–Crippen MR) is 80.8 cm³/mol. The highest BCUT2D eigenvalue weighted by Gasteiger charge is 2.16. The van der Waals surface area contributed by atoms with Crippen LogP contribution in [-0.4, -0.2) is 6.54 Å². The molecule has 0 heterocycles. The van der Waals surface area contributed by atoms with Gasteiger partial charge in [-0.1, -0.05) is 63.4 Å². The van der Waals surface area contributed by atoms with Crippen LogP contribution >= 0.6 is 0 Å². The van der Waals surface area contributed by atoms with E-state index in [0.717, 1.165) is 6.54 Å². The summed E-state index contributed by atoms with van der Waals surface area (Å²) in [5.41, 5.74) is 7.43. The summed E-state index contributed by atoms with van der Waals surface area (Å²) in [5, 5.41) is 0. The Morgan fingerprint density at radius 1 is 1.00 bits per heavy atom. The Balaban J connectivity index is 2.61. The molecule has 18 heavy (non-hydrogen) atoms. The van der Waals surface area contributed by atoms with Crippen LogP contribution < -0.4 is 5.73 Å². The van der Waals surface area contributed by atoms with E-state index in [4.69, 9.17) is 5.73 Å². The highest BCUT2D eigenvalue weighted by atomic mass is 14.5. The zero-order valence-electron chi connectivity index (χ0n) is 12.1. The third kappa shape index (κ3) is 5.22. The van der Waals surface area contributed by atoms with E-state index in [9.17, 15) is 0 Å². The van der Waals surface area contributed by atoms with Crippen molar-refractivity contribution in [3.63, 3.8) is 0 Å². The summed E-state index contributed by atoms with van der Waals surface area (Å²) in [4.78, 5) is 0. The Hall–Kier alpha value is -0.820. The first-order valence-electron chi connectivity index (χ1n) is 7.56. The summed E-state index contributed by atoms with van der Waals surface area (Å²) in [5.74, 6) is 1.39. The van der Waals surface area contributed by atoms with Gasteiger partial charge in [-0.2, -0.15) is 0 Å². The number of benzene rings is 1. The zero-order chi connectivity index (χ0) is 13.2. The minimum atomic E-state index is 0.696. The van der Waals surface area contributed by atoms with Gasteiger partial charge in [-0.15, -0.1) is 0 Å². The maximum absolute atomic E-state index is 5.94. The average Bonchev–Trinajstić information content (AvgIpc) is 2.43. The molecular weight excluding hydrogens is 218 g/mol. The van der Waals surface area contributed by atoms with Gasteiger partial charge in [0.05, 0.1) is 0 Å². The van der Waals surface area contributed by atoms with Gasteiger partial charge in [0.15, 0.2) is 0 Å². The highest BCUT2D eigenvalue weighted by molar-refractivity contribution is 5.19. The van der Waals surface area contributed by atoms with Crippen LogP contribution in [0.3, 0.4) is 0 Å². The van der Waals surface area contributed by atoms with E-state index in [1.165, 1.54) is 44.1 Å². The van der Waals surface area contributed by atoms with Gasteiger partial charge in [-0.05, 0) is 43.2 Å². The van der Waals surface area contributed by atoms with Crippen molar-refractivity contribution in [1.82, 2.24) is 0 Å². The number of unbranched alkanes of at least 4 members (excludes halogenated alkanes) is 1. The normalized spacial score (nSPS) is 14.4. The molecule has 0 radical (unpaired) electrons. The fourth-order valence-electron chi connectivity index (χ4n) is 2.72. The summed E-state index contributed by atoms with van der Waals surface area (Å²) in [6, 6.07) is 11.0. The van der Waals surface area contributed by atoms with Crippen molar-refractivity contribution in [3.8, 4) is 0 Å². The summed E-state index contributed by atoms with van der Waals surface area (Å²) in [6.45, 7) is 5.38. The van der Waals surface area contributed by atoms with Crippen molar-refractivity contribution >= 4 is 0 Å². The number of hydrogen-bond donors (Lipinski definition) is 1. The molecule has 0 aromatic heterocycles. The molecule has 1 nitrogen and oxygen atoms in total. The van der Waals surface area contributed by atoms with E-state index in [-0.39, 0.29) is 0 Å². The van der Waals surface area contributed by atoms with Gasteiger partial charge >= 0.3 is 0 Å². The minimum absolute atomic E-state index is 0.696. The van der Waals surface area contributed by atoms with Crippen molar-refractivity contribution in [2.75, 3.05) is 6.54 Å². The first-order valence-corrected chi connectivity index (χ1v) is 7.56. The van der Waals surface area contributed by atoms with Crippen LogP contribution in [0.25, 0.3) is 0 Å². The lowest BCUT2D eigenvalue weighted by atomic mass is 9.84. The predicted octanol–water partition coefficient (Wildman–Crippen LogP) is 4.73. The quantitative estimate of drug-likeness (QED) is 0.671. The Morgan fingerprint density at radius 2 is 1.72 bits per heavy atom. The lowest BCUT2D eigenvalue weighted by molar-refractivity contribution is 0.391. The molecule has 0 spiro atoms. The standard InChI is InChI=1S/C17H29N/c1-3-5-10-15(14-18)13-17(9-4-2)16-11-7-6-8-12-16/h6-8,11-12,15,17H,3-5,9-10,13-14,18H2,1-2H3. The molecular formula is C17H29N. The van der Waals surface area contributed by atoms with Crippen LogP contribution in [0, 0.1) is 5.92 Å². The van der Waals surface area contributed by atoms with Crippen molar-refractivity contribution in [3.05, 3.63) is 35.9 Å². The minimum Gasteiger partial charge on any atom is -0.330 e. The molecule has 1 aromatic carbocycles. The van der Waals surface area contributed by atoms with Gasteiger partial charge in [0.25, 0.3) is 0 Å². The first kappa shape index (κ1) is 15.2. The monoisotopic (exact) mass is 247 g/mol. The van der Waals surface area contributed by atoms with E-state index in [1.54, 1.807) is 0 Å². The molecule has 0 fully saturated rings. The van der Waals surface area contributed by atoms with Crippen LogP contribution in [0.5, 0.6) is 0 Å². The van der Waals surface area contributed by atoms with Crippen LogP contribution in [-0.2, 0) is 0 Å². The fraction of sp³-hybridized carbons (Fsp3) is 0.647. The van der Waals surface area contributed by atoms with Gasteiger partial charge in [0.1, 0.15) is 0 Å². The van der Waals surface area contributed by atoms with E-state index in [1.807, 2.05) is 0 Å². The number of nitrogens with two attached hydrogens (primary N) is 1. The molecule has 0 aliphatic carbocycles. The Kier molecular flexibility index (Phi) is 7.75. The van der Waals surface area contributed by atoms with Crippen LogP contribution in [0.2, 0.25) is 0 Å². The summed E-state index contributed by atoms with van der Waals surface area (Å²) in [7, 11) is 0. The SMILES string of the molecule is CCCCC(CN)CC(CCC)c1ccccc1. The van der Waals surface area contributed by atoms with Crippen molar-refractivity contribution in [1.29, 1.82) is 0 Å². The fourth-order valence-corrected chi connectivity index (χ4v) is 2.72. The van der Waals surface area contributed by atoms with Crippen molar-refractivity contribution in [2.24, 2.45) is 11.7 Å². The van der Waals surface area contributed by atoms with Crippen LogP contribution in [0.4, 0.5) is 0 Å². The third-order valence-electron chi connectivity index (χ3n) is 3.83. The molecule has 0 aliphatic heterocycles. The van der Waals surface area contributed by atoms with Gasteiger partial charge in [-0.3, -0.25) is 0 Å². The van der Waals surface area contributed by atoms with Gasteiger partial charge in [0.2, 0.25) is 0 Å². The molecule has 1 rings (SSSR count). The molecule has 2 N–H and O–H groups in total. The smallest absolute Gasteiger partial charge is 0.00486 e. The van der Waals surface area contributed by atoms with Gasteiger partial charge in [0, 0.05) is 0 Å². The Morgan fingerprint density at radius 3 is 2.28 bits per heavy atom. The Bertz CT molecular complexity index is 294. The van der Waals surface area contributed by atoms with Crippen LogP contribution in [0.1, 0.15) is 63.9 Å². The van der Waals surface area contributed by atoms with Crippen molar-refractivity contribution in [2.45, 2.75) is 58.3 Å². The van der Waals surface area contributed by atoms with Crippen molar-refractivity contribution < 1.29 is 0 Å². The number of hydrogen-bond acceptors (Lipinski definition) is 1. The lowest BCUT2D eigenvalue weighted by Crippen LogP contribution is -2.17. The molecule has 0 aliphatic rings. The molecule has 0 saturated carbocycles. The average molecular weight is 247 g/mol. The second kappa shape index (κ2) is 9.16. The molecule has 0 amide bonds. The molecule has 2 unspecified atom stereocenters. The summed E-state index contributed by atoms with van der Waals surface area (Å²) >= 11 is 0. The second-order valence-corrected chi connectivity index (χ2v) is 5.38. The molecule has 1 heteroatoms.